The minimum atomic E-state index is 0.829. The van der Waals surface area contributed by atoms with E-state index in [0.717, 1.165) is 16.8 Å². The van der Waals surface area contributed by atoms with E-state index in [1.807, 2.05) is 12.1 Å². The van der Waals surface area contributed by atoms with Crippen LogP contribution in [0.25, 0.3) is 0 Å². The molecule has 1 aromatic carbocycles. The van der Waals surface area contributed by atoms with Gasteiger partial charge in [-0.1, -0.05) is 33.6 Å². The molecule has 0 aromatic heterocycles. The normalized spacial score (nSPS) is 10.2. The molecule has 1 rings (SSSR count). The van der Waals surface area contributed by atoms with E-state index in [1.165, 1.54) is 17.5 Å². The molecule has 0 heterocycles. The number of benzene rings is 1. The van der Waals surface area contributed by atoms with Crippen LogP contribution in [0.5, 0.6) is 0 Å². The van der Waals surface area contributed by atoms with Crippen molar-refractivity contribution in [3.05, 3.63) is 34.3 Å². The van der Waals surface area contributed by atoms with Crippen molar-refractivity contribution in [1.29, 1.82) is 0 Å². The Morgan fingerprint density at radius 1 is 1.42 bits per heavy atom. The van der Waals surface area contributed by atoms with E-state index in [0.29, 0.717) is 0 Å². The van der Waals surface area contributed by atoms with E-state index < -0.39 is 0 Å². The molecule has 0 aliphatic rings. The molecule has 12 heavy (non-hydrogen) atoms. The molecule has 0 aliphatic heterocycles. The lowest BCUT2D eigenvalue weighted by Gasteiger charge is -2.04. The number of hydrogen-bond donors (Lipinski definition) is 0. The van der Waals surface area contributed by atoms with Crippen LogP contribution in [0.3, 0.4) is 0 Å². The van der Waals surface area contributed by atoms with Gasteiger partial charge in [-0.2, -0.15) is 0 Å². The van der Waals surface area contributed by atoms with Crippen molar-refractivity contribution < 1.29 is 0 Å². The lowest BCUT2D eigenvalue weighted by atomic mass is 10.1. The third-order valence-electron chi connectivity index (χ3n) is 1.88. The summed E-state index contributed by atoms with van der Waals surface area (Å²) < 4.78 is 0. The highest BCUT2D eigenvalue weighted by molar-refractivity contribution is 9.09. The first-order valence-electron chi connectivity index (χ1n) is 4.05. The third kappa shape index (κ3) is 2.80. The molecule has 0 atom stereocenters. The van der Waals surface area contributed by atoms with Crippen LogP contribution in [0.2, 0.25) is 5.02 Å². The molecular formula is C10H12BrCl. The summed E-state index contributed by atoms with van der Waals surface area (Å²) >= 11 is 9.26. The Morgan fingerprint density at radius 3 is 2.75 bits per heavy atom. The standard InChI is InChI=1S/C10H12BrCl/c1-8-7-10(12)5-4-9(8)3-2-6-11/h4-5,7H,2-3,6H2,1H3. The van der Waals surface area contributed by atoms with E-state index in [1.54, 1.807) is 0 Å². The van der Waals surface area contributed by atoms with Crippen molar-refractivity contribution in [1.82, 2.24) is 0 Å². The van der Waals surface area contributed by atoms with Crippen molar-refractivity contribution in [3.8, 4) is 0 Å². The number of rotatable bonds is 3. The van der Waals surface area contributed by atoms with Gasteiger partial charge in [0.2, 0.25) is 0 Å². The summed E-state index contributed by atoms with van der Waals surface area (Å²) in [6.07, 6.45) is 2.32. The van der Waals surface area contributed by atoms with Crippen molar-refractivity contribution in [3.63, 3.8) is 0 Å². The molecule has 0 fully saturated rings. The van der Waals surface area contributed by atoms with E-state index in [4.69, 9.17) is 11.6 Å². The fourth-order valence-corrected chi connectivity index (χ4v) is 1.70. The average molecular weight is 248 g/mol. The van der Waals surface area contributed by atoms with Gasteiger partial charge in [-0.25, -0.2) is 0 Å². The number of alkyl halides is 1. The van der Waals surface area contributed by atoms with E-state index in [2.05, 4.69) is 28.9 Å². The van der Waals surface area contributed by atoms with Crippen molar-refractivity contribution in [2.24, 2.45) is 0 Å². The number of hydrogen-bond acceptors (Lipinski definition) is 0. The molecule has 2 heteroatoms. The summed E-state index contributed by atoms with van der Waals surface area (Å²) in [5.41, 5.74) is 2.70. The van der Waals surface area contributed by atoms with Crippen molar-refractivity contribution in [2.75, 3.05) is 5.33 Å². The Bertz CT molecular complexity index is 258. The second-order valence-electron chi connectivity index (χ2n) is 2.86. The van der Waals surface area contributed by atoms with Crippen LogP contribution in [-0.4, -0.2) is 5.33 Å². The smallest absolute Gasteiger partial charge is 0.0408 e. The fourth-order valence-electron chi connectivity index (χ4n) is 1.20. The van der Waals surface area contributed by atoms with Gasteiger partial charge in [-0.3, -0.25) is 0 Å². The summed E-state index contributed by atoms with van der Waals surface area (Å²) in [5.74, 6) is 0. The molecule has 0 saturated carbocycles. The quantitative estimate of drug-likeness (QED) is 0.709. The Balaban J connectivity index is 2.72. The van der Waals surface area contributed by atoms with Crippen LogP contribution in [0.15, 0.2) is 18.2 Å². The summed E-state index contributed by atoms with van der Waals surface area (Å²) in [5, 5.41) is 1.89. The monoisotopic (exact) mass is 246 g/mol. The van der Waals surface area contributed by atoms with E-state index in [9.17, 15) is 0 Å². The molecule has 0 saturated heterocycles. The molecule has 0 unspecified atom stereocenters. The Labute approximate surface area is 87.1 Å². The van der Waals surface area contributed by atoms with Gasteiger partial charge in [0.05, 0.1) is 0 Å². The Morgan fingerprint density at radius 2 is 2.17 bits per heavy atom. The molecule has 66 valence electrons. The number of aryl methyl sites for hydroxylation is 2. The van der Waals surface area contributed by atoms with Gasteiger partial charge in [0.15, 0.2) is 0 Å². The molecule has 0 nitrogen and oxygen atoms in total. The highest BCUT2D eigenvalue weighted by Gasteiger charge is 1.97. The minimum Gasteiger partial charge on any atom is -0.0928 e. The van der Waals surface area contributed by atoms with Gasteiger partial charge in [-0.15, -0.1) is 0 Å². The highest BCUT2D eigenvalue weighted by Crippen LogP contribution is 2.16. The molecule has 0 bridgehead atoms. The van der Waals surface area contributed by atoms with Crippen LogP contribution in [0.1, 0.15) is 17.5 Å². The van der Waals surface area contributed by atoms with E-state index in [-0.39, 0.29) is 0 Å². The van der Waals surface area contributed by atoms with E-state index >= 15 is 0 Å². The summed E-state index contributed by atoms with van der Waals surface area (Å²) in [7, 11) is 0. The van der Waals surface area contributed by atoms with Gasteiger partial charge in [0, 0.05) is 10.4 Å². The highest BCUT2D eigenvalue weighted by atomic mass is 79.9. The van der Waals surface area contributed by atoms with Gasteiger partial charge in [0.25, 0.3) is 0 Å². The number of halogens is 2. The molecule has 0 radical (unpaired) electrons. The lowest BCUT2D eigenvalue weighted by Crippen LogP contribution is -1.89. The average Bonchev–Trinajstić information content (AvgIpc) is 2.03. The molecular weight excluding hydrogens is 235 g/mol. The van der Waals surface area contributed by atoms with Crippen LogP contribution in [-0.2, 0) is 6.42 Å². The zero-order chi connectivity index (χ0) is 8.97. The Kier molecular flexibility index (Phi) is 4.10. The zero-order valence-corrected chi connectivity index (χ0v) is 9.45. The topological polar surface area (TPSA) is 0 Å². The largest absolute Gasteiger partial charge is 0.0928 e. The van der Waals surface area contributed by atoms with Gasteiger partial charge in [-0.05, 0) is 43.0 Å². The van der Waals surface area contributed by atoms with Gasteiger partial charge in [0.1, 0.15) is 0 Å². The molecule has 0 amide bonds. The van der Waals surface area contributed by atoms with Crippen LogP contribution >= 0.6 is 27.5 Å². The maximum Gasteiger partial charge on any atom is 0.0408 e. The summed E-state index contributed by atoms with van der Waals surface area (Å²) in [6, 6.07) is 6.09. The lowest BCUT2D eigenvalue weighted by molar-refractivity contribution is 0.929. The fraction of sp³-hybridized carbons (Fsp3) is 0.400. The second-order valence-corrected chi connectivity index (χ2v) is 4.09. The first kappa shape index (κ1) is 10.1. The first-order valence-corrected chi connectivity index (χ1v) is 5.55. The predicted molar refractivity (Wildman–Crippen MR) is 58.3 cm³/mol. The van der Waals surface area contributed by atoms with Gasteiger partial charge < -0.3 is 0 Å². The van der Waals surface area contributed by atoms with Crippen molar-refractivity contribution >= 4 is 27.5 Å². The molecule has 0 spiro atoms. The van der Waals surface area contributed by atoms with Crippen molar-refractivity contribution in [2.45, 2.75) is 19.8 Å². The zero-order valence-electron chi connectivity index (χ0n) is 7.11. The third-order valence-corrected chi connectivity index (χ3v) is 2.68. The predicted octanol–water partition coefficient (Wildman–Crippen LogP) is 3.98. The Hall–Kier alpha value is -0.0100. The van der Waals surface area contributed by atoms with Gasteiger partial charge >= 0.3 is 0 Å². The summed E-state index contributed by atoms with van der Waals surface area (Å²) in [4.78, 5) is 0. The van der Waals surface area contributed by atoms with Crippen LogP contribution in [0, 0.1) is 6.92 Å². The molecule has 0 N–H and O–H groups in total. The van der Waals surface area contributed by atoms with Crippen LogP contribution in [0.4, 0.5) is 0 Å². The second kappa shape index (κ2) is 4.88. The maximum atomic E-state index is 5.84. The maximum absolute atomic E-state index is 5.84. The molecule has 1 aromatic rings. The minimum absolute atomic E-state index is 0.829. The first-order chi connectivity index (χ1) is 5.74. The molecule has 0 aliphatic carbocycles. The summed E-state index contributed by atoms with van der Waals surface area (Å²) in [6.45, 7) is 2.11. The SMILES string of the molecule is Cc1cc(Cl)ccc1CCCBr. The van der Waals surface area contributed by atoms with Crippen LogP contribution < -0.4 is 0 Å².